The van der Waals surface area contributed by atoms with Crippen LogP contribution in [0, 0.1) is 5.82 Å². The van der Waals surface area contributed by atoms with E-state index in [0.717, 1.165) is 10.0 Å². The number of halogens is 2. The van der Waals surface area contributed by atoms with Gasteiger partial charge in [0.05, 0.1) is 12.7 Å². The Labute approximate surface area is 196 Å². The predicted molar refractivity (Wildman–Crippen MR) is 126 cm³/mol. The van der Waals surface area contributed by atoms with E-state index in [-0.39, 0.29) is 29.7 Å². The Kier molecular flexibility index (Phi) is 6.87. The van der Waals surface area contributed by atoms with Crippen molar-refractivity contribution in [2.24, 2.45) is 0 Å². The van der Waals surface area contributed by atoms with Gasteiger partial charge in [-0.05, 0) is 42.0 Å². The van der Waals surface area contributed by atoms with E-state index in [4.69, 9.17) is 5.11 Å². The first kappa shape index (κ1) is 22.7. The van der Waals surface area contributed by atoms with Crippen molar-refractivity contribution in [3.8, 4) is 11.1 Å². The number of benzene rings is 2. The van der Waals surface area contributed by atoms with Gasteiger partial charge in [-0.2, -0.15) is 4.98 Å². The number of rotatable bonds is 7. The zero-order valence-corrected chi connectivity index (χ0v) is 18.8. The molecule has 0 spiro atoms. The van der Waals surface area contributed by atoms with Crippen molar-refractivity contribution < 1.29 is 19.4 Å². The second-order valence-electron chi connectivity index (χ2n) is 7.15. The quantitative estimate of drug-likeness (QED) is 0.300. The van der Waals surface area contributed by atoms with E-state index in [0.29, 0.717) is 16.6 Å². The highest BCUT2D eigenvalue weighted by Gasteiger charge is 2.19. The zero-order valence-electron chi connectivity index (χ0n) is 17.2. The fraction of sp³-hybridized carbons (Fsp3) is 0.130. The maximum atomic E-state index is 13.2. The molecule has 4 aromatic rings. The van der Waals surface area contributed by atoms with Crippen LogP contribution in [0.4, 0.5) is 16.0 Å². The number of pyridine rings is 1. The summed E-state index contributed by atoms with van der Waals surface area (Å²) in [5.41, 5.74) is 2.27. The summed E-state index contributed by atoms with van der Waals surface area (Å²) < 4.78 is 13.9. The number of carbonyl (C=O) groups is 1. The molecule has 0 aliphatic heterocycles. The average Bonchev–Trinajstić information content (AvgIpc) is 2.83. The van der Waals surface area contributed by atoms with Crippen LogP contribution < -0.4 is 10.6 Å². The van der Waals surface area contributed by atoms with Gasteiger partial charge in [0, 0.05) is 33.9 Å². The molecule has 33 heavy (non-hydrogen) atoms. The van der Waals surface area contributed by atoms with Crippen LogP contribution in [0.5, 0.6) is 0 Å². The third-order valence-corrected chi connectivity index (χ3v) is 5.45. The molecule has 8 nitrogen and oxygen atoms in total. The molecule has 0 aliphatic rings. The molecule has 2 aromatic heterocycles. The molecule has 0 aliphatic carbocycles. The van der Waals surface area contributed by atoms with Gasteiger partial charge in [-0.3, -0.25) is 4.79 Å². The van der Waals surface area contributed by atoms with Crippen LogP contribution in [0.2, 0.25) is 0 Å². The highest BCUT2D eigenvalue weighted by Crippen LogP contribution is 2.32. The number of hydrogen-bond donors (Lipinski definition) is 4. The van der Waals surface area contributed by atoms with Gasteiger partial charge in [0.25, 0.3) is 5.91 Å². The molecule has 2 heterocycles. The van der Waals surface area contributed by atoms with Crippen molar-refractivity contribution in [2.45, 2.75) is 6.10 Å². The minimum Gasteiger partial charge on any atom is -0.394 e. The van der Waals surface area contributed by atoms with Gasteiger partial charge in [-0.15, -0.1) is 0 Å². The van der Waals surface area contributed by atoms with Crippen LogP contribution in [0.3, 0.4) is 0 Å². The number of nitrogens with zero attached hydrogens (tertiary/aromatic N) is 3. The van der Waals surface area contributed by atoms with Crippen LogP contribution >= 0.6 is 15.9 Å². The van der Waals surface area contributed by atoms with E-state index >= 15 is 0 Å². The Morgan fingerprint density at radius 2 is 1.85 bits per heavy atom. The van der Waals surface area contributed by atoms with E-state index in [1.165, 1.54) is 12.1 Å². The fourth-order valence-electron chi connectivity index (χ4n) is 3.10. The minimum absolute atomic E-state index is 0.103. The molecule has 1 amide bonds. The number of hydrogen-bond acceptors (Lipinski definition) is 7. The number of aliphatic hydroxyl groups excluding tert-OH is 2. The molecular weight excluding hydrogens is 493 g/mol. The number of fused-ring (bicyclic) bond motifs is 1. The maximum Gasteiger partial charge on any atom is 0.270 e. The normalized spacial score (nSPS) is 11.9. The Morgan fingerprint density at radius 1 is 1.09 bits per heavy atom. The number of nitrogens with one attached hydrogen (secondary N) is 2. The Balaban J connectivity index is 1.76. The van der Waals surface area contributed by atoms with Crippen molar-refractivity contribution in [3.63, 3.8) is 0 Å². The second kappa shape index (κ2) is 9.99. The summed E-state index contributed by atoms with van der Waals surface area (Å²) in [7, 11) is 0. The lowest BCUT2D eigenvalue weighted by atomic mass is 10.0. The number of amides is 1. The summed E-state index contributed by atoms with van der Waals surface area (Å²) in [6.45, 7) is -0.611. The molecule has 168 valence electrons. The van der Waals surface area contributed by atoms with E-state index in [1.807, 2.05) is 24.3 Å². The largest absolute Gasteiger partial charge is 0.394 e. The lowest BCUT2D eigenvalue weighted by molar-refractivity contribution is 0.0799. The smallest absolute Gasteiger partial charge is 0.270 e. The number of carbonyl (C=O) groups excluding carboxylic acids is 1. The molecule has 0 radical (unpaired) electrons. The zero-order chi connectivity index (χ0) is 23.4. The number of anilines is 2. The van der Waals surface area contributed by atoms with Gasteiger partial charge >= 0.3 is 0 Å². The molecule has 0 saturated carbocycles. The number of aliphatic hydroxyl groups is 2. The van der Waals surface area contributed by atoms with E-state index in [9.17, 15) is 14.3 Å². The maximum absolute atomic E-state index is 13.2. The lowest BCUT2D eigenvalue weighted by Crippen LogP contribution is -2.34. The van der Waals surface area contributed by atoms with Gasteiger partial charge in [0.2, 0.25) is 5.95 Å². The van der Waals surface area contributed by atoms with Crippen molar-refractivity contribution in [1.82, 2.24) is 20.3 Å². The standard InChI is InChI=1S/C23H19BrFN5O3/c24-19-4-2-1-3-17(19)18-9-13-10-27-23(28-15-7-5-14(25)6-8-15)30-21(13)29-20(18)22(33)26-11-16(32)12-31/h1-10,16,31-32H,11-12H2,(H,26,33)(H,27,28,29,30)/t16-/m1/s1. The minimum atomic E-state index is -1.09. The van der Waals surface area contributed by atoms with Crippen molar-refractivity contribution in [2.75, 3.05) is 18.5 Å². The third-order valence-electron chi connectivity index (χ3n) is 4.76. The summed E-state index contributed by atoms with van der Waals surface area (Å²) >= 11 is 3.51. The molecule has 0 fully saturated rings. The molecule has 2 aromatic carbocycles. The molecule has 10 heteroatoms. The summed E-state index contributed by atoms with van der Waals surface area (Å²) in [5.74, 6) is -0.651. The summed E-state index contributed by atoms with van der Waals surface area (Å²) in [6.07, 6.45) is 0.494. The molecule has 1 atom stereocenters. The lowest BCUT2D eigenvalue weighted by Gasteiger charge is -2.14. The summed E-state index contributed by atoms with van der Waals surface area (Å²) in [6, 6.07) is 14.9. The molecule has 0 bridgehead atoms. The van der Waals surface area contributed by atoms with E-state index in [2.05, 4.69) is 41.5 Å². The van der Waals surface area contributed by atoms with Crippen molar-refractivity contribution in [3.05, 3.63) is 76.8 Å². The Bertz CT molecular complexity index is 1300. The first-order valence-corrected chi connectivity index (χ1v) is 10.8. The van der Waals surface area contributed by atoms with Crippen LogP contribution in [-0.4, -0.2) is 50.3 Å². The van der Waals surface area contributed by atoms with Gasteiger partial charge in [0.1, 0.15) is 11.5 Å². The average molecular weight is 512 g/mol. The topological polar surface area (TPSA) is 120 Å². The van der Waals surface area contributed by atoms with Crippen LogP contribution in [0.15, 0.2) is 65.3 Å². The van der Waals surface area contributed by atoms with Crippen molar-refractivity contribution >= 4 is 44.5 Å². The summed E-state index contributed by atoms with van der Waals surface area (Å²) in [5, 5.41) is 24.8. The van der Waals surface area contributed by atoms with Crippen molar-refractivity contribution in [1.29, 1.82) is 0 Å². The van der Waals surface area contributed by atoms with Gasteiger partial charge in [-0.1, -0.05) is 34.1 Å². The Morgan fingerprint density at radius 3 is 2.58 bits per heavy atom. The van der Waals surface area contributed by atoms with Crippen LogP contribution in [0.1, 0.15) is 10.5 Å². The van der Waals surface area contributed by atoms with E-state index < -0.39 is 18.6 Å². The van der Waals surface area contributed by atoms with Gasteiger partial charge in [0.15, 0.2) is 5.65 Å². The Hall–Kier alpha value is -3.47. The molecule has 4 N–H and O–H groups in total. The predicted octanol–water partition coefficient (Wildman–Crippen LogP) is 3.42. The fourth-order valence-corrected chi connectivity index (χ4v) is 3.60. The first-order valence-electron chi connectivity index (χ1n) is 9.97. The number of aromatic nitrogens is 3. The third kappa shape index (κ3) is 5.30. The monoisotopic (exact) mass is 511 g/mol. The highest BCUT2D eigenvalue weighted by atomic mass is 79.9. The molecule has 0 saturated heterocycles. The first-order chi connectivity index (χ1) is 15.9. The highest BCUT2D eigenvalue weighted by molar-refractivity contribution is 9.10. The van der Waals surface area contributed by atoms with Gasteiger partial charge < -0.3 is 20.8 Å². The van der Waals surface area contributed by atoms with Crippen LogP contribution in [-0.2, 0) is 0 Å². The SMILES string of the molecule is O=C(NC[C@@H](O)CO)c1nc2nc(Nc3ccc(F)cc3)ncc2cc1-c1ccccc1Br. The molecule has 0 unspecified atom stereocenters. The van der Waals surface area contributed by atoms with E-state index in [1.54, 1.807) is 24.4 Å². The van der Waals surface area contributed by atoms with Crippen LogP contribution in [0.25, 0.3) is 22.2 Å². The molecule has 4 rings (SSSR count). The van der Waals surface area contributed by atoms with Gasteiger partial charge in [-0.25, -0.2) is 14.4 Å². The second-order valence-corrected chi connectivity index (χ2v) is 8.00. The summed E-state index contributed by atoms with van der Waals surface area (Å²) in [4.78, 5) is 26.1. The molecular formula is C23H19BrFN5O3.